The van der Waals surface area contributed by atoms with Crippen molar-refractivity contribution in [3.63, 3.8) is 0 Å². The van der Waals surface area contributed by atoms with Crippen molar-refractivity contribution < 1.29 is 23.5 Å². The Morgan fingerprint density at radius 2 is 1.78 bits per heavy atom. The lowest BCUT2D eigenvalue weighted by molar-refractivity contribution is -0.140. The molecule has 1 aliphatic heterocycles. The van der Waals surface area contributed by atoms with Crippen molar-refractivity contribution in [1.82, 2.24) is 4.90 Å². The first-order chi connectivity index (χ1) is 11.1. The van der Waals surface area contributed by atoms with Crippen molar-refractivity contribution >= 4 is 23.9 Å². The summed E-state index contributed by atoms with van der Waals surface area (Å²) in [6.45, 7) is 1.37. The second-order valence-electron chi connectivity index (χ2n) is 4.96. The largest absolute Gasteiger partial charge is 0.462 e. The quantitative estimate of drug-likeness (QED) is 0.492. The molecule has 2 heterocycles. The molecule has 0 saturated heterocycles. The Kier molecular flexibility index (Phi) is 3.80. The van der Waals surface area contributed by atoms with E-state index in [1.807, 2.05) is 0 Å². The number of fused-ring (bicyclic) bond motifs is 1. The Labute approximate surface area is 131 Å². The summed E-state index contributed by atoms with van der Waals surface area (Å²) in [5, 5.41) is 0. The Morgan fingerprint density at radius 1 is 1.13 bits per heavy atom. The molecule has 23 heavy (non-hydrogen) atoms. The van der Waals surface area contributed by atoms with E-state index in [0.29, 0.717) is 16.9 Å². The first-order valence-electron chi connectivity index (χ1n) is 6.93. The average Bonchev–Trinajstić information content (AvgIpc) is 3.07. The second kappa shape index (κ2) is 5.92. The number of esters is 1. The van der Waals surface area contributed by atoms with E-state index in [-0.39, 0.29) is 0 Å². The van der Waals surface area contributed by atoms with Crippen LogP contribution < -0.4 is 0 Å². The van der Waals surface area contributed by atoms with Gasteiger partial charge in [-0.1, -0.05) is 12.1 Å². The van der Waals surface area contributed by atoms with Crippen LogP contribution >= 0.6 is 0 Å². The number of imide groups is 1. The summed E-state index contributed by atoms with van der Waals surface area (Å²) in [7, 11) is 0. The number of nitrogens with zero attached hydrogens (tertiary/aromatic N) is 1. The zero-order valence-electron chi connectivity index (χ0n) is 12.3. The van der Waals surface area contributed by atoms with Gasteiger partial charge in [0.1, 0.15) is 11.5 Å². The molecule has 0 spiro atoms. The summed E-state index contributed by atoms with van der Waals surface area (Å²) < 4.78 is 10.2. The van der Waals surface area contributed by atoms with Crippen molar-refractivity contribution in [3.8, 4) is 0 Å². The Hall–Kier alpha value is -3.15. The summed E-state index contributed by atoms with van der Waals surface area (Å²) >= 11 is 0. The highest BCUT2D eigenvalue weighted by molar-refractivity contribution is 6.21. The molecule has 116 valence electrons. The van der Waals surface area contributed by atoms with Crippen LogP contribution in [0, 0.1) is 6.92 Å². The van der Waals surface area contributed by atoms with Crippen LogP contribution in [-0.4, -0.2) is 29.4 Å². The molecule has 0 radical (unpaired) electrons. The molecule has 0 aliphatic carbocycles. The number of aryl methyl sites for hydroxylation is 1. The van der Waals surface area contributed by atoms with E-state index in [4.69, 9.17) is 9.15 Å². The number of rotatable bonds is 4. The zero-order valence-corrected chi connectivity index (χ0v) is 12.3. The van der Waals surface area contributed by atoms with Crippen LogP contribution in [0.2, 0.25) is 0 Å². The van der Waals surface area contributed by atoms with Gasteiger partial charge in [0.15, 0.2) is 6.73 Å². The van der Waals surface area contributed by atoms with Gasteiger partial charge >= 0.3 is 5.97 Å². The summed E-state index contributed by atoms with van der Waals surface area (Å²) in [6.07, 6.45) is 2.63. The number of carbonyl (C=O) groups excluding carboxylic acids is 3. The van der Waals surface area contributed by atoms with Gasteiger partial charge in [-0.2, -0.15) is 0 Å². The fourth-order valence-electron chi connectivity index (χ4n) is 2.23. The number of furan rings is 1. The summed E-state index contributed by atoms with van der Waals surface area (Å²) in [6, 6.07) is 9.96. The van der Waals surface area contributed by atoms with E-state index < -0.39 is 24.5 Å². The third-order valence-corrected chi connectivity index (χ3v) is 3.36. The van der Waals surface area contributed by atoms with Crippen LogP contribution in [0.1, 0.15) is 32.2 Å². The molecule has 0 unspecified atom stereocenters. The Balaban J connectivity index is 1.61. The fraction of sp³-hybridized carbons (Fsp3) is 0.118. The lowest BCUT2D eigenvalue weighted by Crippen LogP contribution is -2.32. The number of ether oxygens (including phenoxy) is 1. The molecule has 0 bridgehead atoms. The maximum absolute atomic E-state index is 12.1. The van der Waals surface area contributed by atoms with Gasteiger partial charge < -0.3 is 9.15 Å². The fourth-order valence-corrected chi connectivity index (χ4v) is 2.23. The van der Waals surface area contributed by atoms with E-state index in [1.54, 1.807) is 43.3 Å². The van der Waals surface area contributed by atoms with Gasteiger partial charge in [-0.25, -0.2) is 9.69 Å². The SMILES string of the molecule is Cc1ccc(/C=C/C(=O)OCN2C(=O)c3ccccc3C2=O)o1. The first kappa shape index (κ1) is 14.8. The molecule has 1 aromatic carbocycles. The minimum atomic E-state index is -0.671. The minimum absolute atomic E-state index is 0.315. The smallest absolute Gasteiger partial charge is 0.332 e. The van der Waals surface area contributed by atoms with Crippen LogP contribution in [-0.2, 0) is 9.53 Å². The third kappa shape index (κ3) is 2.91. The molecule has 1 aliphatic rings. The summed E-state index contributed by atoms with van der Waals surface area (Å²) in [5.74, 6) is -0.368. The van der Waals surface area contributed by atoms with E-state index in [1.165, 1.54) is 12.2 Å². The van der Waals surface area contributed by atoms with Crippen molar-refractivity contribution in [2.45, 2.75) is 6.92 Å². The number of hydrogen-bond donors (Lipinski definition) is 0. The van der Waals surface area contributed by atoms with Gasteiger partial charge in [-0.15, -0.1) is 0 Å². The van der Waals surface area contributed by atoms with E-state index in [0.717, 1.165) is 10.7 Å². The summed E-state index contributed by atoms with van der Waals surface area (Å²) in [5.41, 5.74) is 0.630. The lowest BCUT2D eigenvalue weighted by Gasteiger charge is -2.12. The molecular formula is C17H13NO5. The van der Waals surface area contributed by atoms with Gasteiger partial charge in [0.05, 0.1) is 11.1 Å². The molecule has 3 rings (SSSR count). The van der Waals surface area contributed by atoms with Crippen LogP contribution in [0.25, 0.3) is 6.08 Å². The molecule has 2 aromatic rings. The molecule has 0 fully saturated rings. The topological polar surface area (TPSA) is 76.8 Å². The average molecular weight is 311 g/mol. The zero-order chi connectivity index (χ0) is 16.4. The molecule has 2 amide bonds. The molecule has 0 atom stereocenters. The second-order valence-corrected chi connectivity index (χ2v) is 4.96. The van der Waals surface area contributed by atoms with Crippen molar-refractivity contribution in [1.29, 1.82) is 0 Å². The monoisotopic (exact) mass is 311 g/mol. The van der Waals surface area contributed by atoms with Gasteiger partial charge in [0.2, 0.25) is 0 Å². The number of benzene rings is 1. The predicted octanol–water partition coefficient (Wildman–Crippen LogP) is 2.40. The first-order valence-corrected chi connectivity index (χ1v) is 6.93. The van der Waals surface area contributed by atoms with Crippen LogP contribution in [0.15, 0.2) is 46.9 Å². The Bertz CT molecular complexity index is 783. The maximum atomic E-state index is 12.1. The highest BCUT2D eigenvalue weighted by Crippen LogP contribution is 2.22. The van der Waals surface area contributed by atoms with Crippen LogP contribution in [0.3, 0.4) is 0 Å². The van der Waals surface area contributed by atoms with Crippen molar-refractivity contribution in [3.05, 3.63) is 65.1 Å². The normalized spacial score (nSPS) is 13.7. The van der Waals surface area contributed by atoms with Crippen molar-refractivity contribution in [2.75, 3.05) is 6.73 Å². The number of carbonyl (C=O) groups is 3. The van der Waals surface area contributed by atoms with E-state index >= 15 is 0 Å². The molecule has 0 N–H and O–H groups in total. The van der Waals surface area contributed by atoms with Gasteiger partial charge in [0, 0.05) is 6.08 Å². The Morgan fingerprint density at radius 3 is 2.35 bits per heavy atom. The molecule has 6 nitrogen and oxygen atoms in total. The molecular weight excluding hydrogens is 298 g/mol. The van der Waals surface area contributed by atoms with Gasteiger partial charge in [-0.3, -0.25) is 9.59 Å². The van der Waals surface area contributed by atoms with E-state index in [9.17, 15) is 14.4 Å². The molecule has 1 aromatic heterocycles. The third-order valence-electron chi connectivity index (χ3n) is 3.36. The standard InChI is InChI=1S/C17H13NO5/c1-11-6-7-12(23-11)8-9-15(19)22-10-18-16(20)13-4-2-3-5-14(13)17(18)21/h2-9H,10H2,1H3/b9-8+. The molecule has 0 saturated carbocycles. The highest BCUT2D eigenvalue weighted by Gasteiger charge is 2.35. The van der Waals surface area contributed by atoms with Crippen molar-refractivity contribution in [2.24, 2.45) is 0 Å². The van der Waals surface area contributed by atoms with Crippen LogP contribution in [0.5, 0.6) is 0 Å². The lowest BCUT2D eigenvalue weighted by atomic mass is 10.1. The minimum Gasteiger partial charge on any atom is -0.462 e. The van der Waals surface area contributed by atoms with Gasteiger partial charge in [0.25, 0.3) is 11.8 Å². The van der Waals surface area contributed by atoms with E-state index in [2.05, 4.69) is 0 Å². The highest BCUT2D eigenvalue weighted by atomic mass is 16.5. The summed E-state index contributed by atoms with van der Waals surface area (Å²) in [4.78, 5) is 36.7. The number of amides is 2. The van der Waals surface area contributed by atoms with Crippen LogP contribution in [0.4, 0.5) is 0 Å². The number of hydrogen-bond acceptors (Lipinski definition) is 5. The van der Waals surface area contributed by atoms with Gasteiger partial charge in [-0.05, 0) is 37.3 Å². The maximum Gasteiger partial charge on any atom is 0.332 e. The predicted molar refractivity (Wildman–Crippen MR) is 80.4 cm³/mol. The molecule has 6 heteroatoms.